The van der Waals surface area contributed by atoms with E-state index in [1.54, 1.807) is 0 Å². The number of imidazole rings is 1. The number of amides is 1. The maximum atomic E-state index is 13.1. The fourth-order valence-corrected chi connectivity index (χ4v) is 5.56. The van der Waals surface area contributed by atoms with E-state index < -0.39 is 0 Å². The van der Waals surface area contributed by atoms with Gasteiger partial charge in [-0.05, 0) is 38.3 Å². The van der Waals surface area contributed by atoms with E-state index in [0.29, 0.717) is 17.6 Å². The molecule has 1 amide bonds. The third kappa shape index (κ3) is 4.80. The Balaban J connectivity index is 1.43. The first-order chi connectivity index (χ1) is 16.6. The number of hydrogen-bond acceptors (Lipinski definition) is 6. The Morgan fingerprint density at radius 1 is 1.21 bits per heavy atom. The lowest BCUT2D eigenvalue weighted by Gasteiger charge is -2.25. The van der Waals surface area contributed by atoms with Gasteiger partial charge in [0, 0.05) is 36.3 Å². The lowest BCUT2D eigenvalue weighted by Crippen LogP contribution is -2.41. The lowest BCUT2D eigenvalue weighted by atomic mass is 9.95. The van der Waals surface area contributed by atoms with Crippen LogP contribution in [0.3, 0.4) is 0 Å². The van der Waals surface area contributed by atoms with Crippen molar-refractivity contribution >= 4 is 34.2 Å². The van der Waals surface area contributed by atoms with Crippen molar-refractivity contribution < 1.29 is 4.79 Å². The van der Waals surface area contributed by atoms with Crippen LogP contribution in [0.4, 0.5) is 0 Å². The fraction of sp³-hybridized carbons (Fsp3) is 0.480. The van der Waals surface area contributed by atoms with Gasteiger partial charge in [0.15, 0.2) is 16.6 Å². The first-order valence-electron chi connectivity index (χ1n) is 12.2. The maximum Gasteiger partial charge on any atom is 0.233 e. The molecule has 8 nitrogen and oxygen atoms in total. The number of rotatable bonds is 8. The zero-order chi connectivity index (χ0) is 23.5. The SMILES string of the molecule is CC[C@H](Sc1nc2ccccc2c2nc(CCn3cncc3C)nn12)C(=O)NC1CCCCC1. The Bertz CT molecular complexity index is 1290. The molecule has 0 saturated heterocycles. The van der Waals surface area contributed by atoms with E-state index in [2.05, 4.69) is 21.8 Å². The predicted octanol–water partition coefficient (Wildman–Crippen LogP) is 4.34. The number of nitrogens with zero attached hydrogens (tertiary/aromatic N) is 6. The van der Waals surface area contributed by atoms with Crippen molar-refractivity contribution in [3.63, 3.8) is 0 Å². The van der Waals surface area contributed by atoms with Crippen LogP contribution in [-0.4, -0.2) is 46.3 Å². The molecule has 1 fully saturated rings. The number of thioether (sulfide) groups is 1. The van der Waals surface area contributed by atoms with E-state index in [9.17, 15) is 4.79 Å². The van der Waals surface area contributed by atoms with E-state index in [1.165, 1.54) is 31.0 Å². The molecular formula is C25H31N7OS. The molecule has 3 aromatic heterocycles. The van der Waals surface area contributed by atoms with Gasteiger partial charge in [-0.1, -0.05) is 50.1 Å². The van der Waals surface area contributed by atoms with Gasteiger partial charge in [-0.15, -0.1) is 5.10 Å². The second-order valence-electron chi connectivity index (χ2n) is 9.01. The van der Waals surface area contributed by atoms with Crippen LogP contribution in [0.2, 0.25) is 0 Å². The highest BCUT2D eigenvalue weighted by atomic mass is 32.2. The molecule has 1 saturated carbocycles. The molecule has 0 radical (unpaired) electrons. The van der Waals surface area contributed by atoms with E-state index in [-0.39, 0.29) is 11.2 Å². The van der Waals surface area contributed by atoms with Crippen molar-refractivity contribution in [2.24, 2.45) is 0 Å². The average molecular weight is 478 g/mol. The number of carbonyl (C=O) groups excluding carboxylic acids is 1. The molecule has 1 aliphatic rings. The molecule has 178 valence electrons. The lowest BCUT2D eigenvalue weighted by molar-refractivity contribution is -0.121. The summed E-state index contributed by atoms with van der Waals surface area (Å²) in [4.78, 5) is 27.1. The van der Waals surface area contributed by atoms with Crippen LogP contribution in [0, 0.1) is 6.92 Å². The highest BCUT2D eigenvalue weighted by molar-refractivity contribution is 8.00. The normalized spacial score (nSPS) is 15.7. The minimum atomic E-state index is -0.222. The van der Waals surface area contributed by atoms with Gasteiger partial charge in [0.2, 0.25) is 5.91 Å². The van der Waals surface area contributed by atoms with E-state index in [4.69, 9.17) is 15.1 Å². The molecule has 4 aromatic rings. The molecule has 0 aliphatic heterocycles. The van der Waals surface area contributed by atoms with Gasteiger partial charge in [0.1, 0.15) is 0 Å². The van der Waals surface area contributed by atoms with Crippen molar-refractivity contribution in [1.29, 1.82) is 0 Å². The molecule has 1 atom stereocenters. The van der Waals surface area contributed by atoms with Crippen molar-refractivity contribution in [1.82, 2.24) is 34.4 Å². The largest absolute Gasteiger partial charge is 0.352 e. The first-order valence-corrected chi connectivity index (χ1v) is 13.1. The highest BCUT2D eigenvalue weighted by Gasteiger charge is 2.25. The second kappa shape index (κ2) is 10.1. The molecule has 9 heteroatoms. The highest BCUT2D eigenvalue weighted by Crippen LogP contribution is 2.29. The van der Waals surface area contributed by atoms with Gasteiger partial charge in [-0.25, -0.2) is 15.0 Å². The summed E-state index contributed by atoms with van der Waals surface area (Å²) in [5, 5.41) is 9.54. The van der Waals surface area contributed by atoms with E-state index in [0.717, 1.165) is 53.9 Å². The van der Waals surface area contributed by atoms with E-state index in [1.807, 2.05) is 48.2 Å². The Kier molecular flexibility index (Phi) is 6.80. The van der Waals surface area contributed by atoms with Crippen LogP contribution in [0.15, 0.2) is 41.9 Å². The predicted molar refractivity (Wildman–Crippen MR) is 134 cm³/mol. The molecule has 1 aromatic carbocycles. The number of carbonyl (C=O) groups is 1. The van der Waals surface area contributed by atoms with Gasteiger partial charge in [-0.3, -0.25) is 4.79 Å². The molecule has 3 heterocycles. The summed E-state index contributed by atoms with van der Waals surface area (Å²) in [6.07, 6.45) is 10.9. The Morgan fingerprint density at radius 2 is 2.03 bits per heavy atom. The minimum Gasteiger partial charge on any atom is -0.352 e. The molecule has 34 heavy (non-hydrogen) atoms. The molecular weight excluding hydrogens is 446 g/mol. The Hall–Kier alpha value is -2.94. The summed E-state index contributed by atoms with van der Waals surface area (Å²) in [7, 11) is 0. The quantitative estimate of drug-likeness (QED) is 0.300. The number of benzene rings is 1. The van der Waals surface area contributed by atoms with Crippen LogP contribution in [-0.2, 0) is 17.8 Å². The number of fused-ring (bicyclic) bond motifs is 3. The zero-order valence-electron chi connectivity index (χ0n) is 19.8. The summed E-state index contributed by atoms with van der Waals surface area (Å²) < 4.78 is 3.92. The Labute approximate surface area is 203 Å². The van der Waals surface area contributed by atoms with Gasteiger partial charge in [0.25, 0.3) is 0 Å². The Morgan fingerprint density at radius 3 is 2.79 bits per heavy atom. The fourth-order valence-electron chi connectivity index (χ4n) is 4.59. The number of aryl methyl sites for hydroxylation is 3. The van der Waals surface area contributed by atoms with Gasteiger partial charge in [0.05, 0.1) is 17.1 Å². The monoisotopic (exact) mass is 477 g/mol. The third-order valence-electron chi connectivity index (χ3n) is 6.55. The summed E-state index contributed by atoms with van der Waals surface area (Å²) in [5.41, 5.74) is 2.76. The zero-order valence-corrected chi connectivity index (χ0v) is 20.6. The molecule has 1 N–H and O–H groups in total. The number of hydrogen-bond donors (Lipinski definition) is 1. The van der Waals surface area contributed by atoms with Crippen LogP contribution < -0.4 is 5.32 Å². The maximum absolute atomic E-state index is 13.1. The van der Waals surface area contributed by atoms with Gasteiger partial charge >= 0.3 is 0 Å². The van der Waals surface area contributed by atoms with Crippen molar-refractivity contribution in [3.8, 4) is 0 Å². The van der Waals surface area contributed by atoms with Gasteiger partial charge in [-0.2, -0.15) is 4.52 Å². The first kappa shape index (κ1) is 22.8. The average Bonchev–Trinajstić information content (AvgIpc) is 3.47. The molecule has 0 bridgehead atoms. The van der Waals surface area contributed by atoms with Crippen molar-refractivity contribution in [2.45, 2.75) is 81.8 Å². The molecule has 5 rings (SSSR count). The summed E-state index contributed by atoms with van der Waals surface area (Å²) >= 11 is 1.48. The summed E-state index contributed by atoms with van der Waals surface area (Å²) in [6, 6.07) is 8.28. The van der Waals surface area contributed by atoms with Crippen LogP contribution in [0.1, 0.15) is 57.0 Å². The topological polar surface area (TPSA) is 90.0 Å². The van der Waals surface area contributed by atoms with Crippen molar-refractivity contribution in [2.75, 3.05) is 0 Å². The summed E-state index contributed by atoms with van der Waals surface area (Å²) in [6.45, 7) is 4.86. The summed E-state index contributed by atoms with van der Waals surface area (Å²) in [5.74, 6) is 0.853. The standard InChI is InChI=1S/C25H31N7OS/c1-3-21(24(33)27-18-9-5-4-6-10-18)34-25-28-20-12-8-7-11-19(20)23-29-22(30-32(23)25)13-14-31-16-26-15-17(31)2/h7-8,11-12,15-16,18,21H,3-6,9-10,13-14H2,1-2H3,(H,27,33)/t21-/m0/s1. The van der Waals surface area contributed by atoms with Gasteiger partial charge < -0.3 is 9.88 Å². The number of para-hydroxylation sites is 1. The van der Waals surface area contributed by atoms with Crippen molar-refractivity contribution in [3.05, 3.63) is 48.3 Å². The molecule has 1 aliphatic carbocycles. The number of nitrogens with one attached hydrogen (secondary N) is 1. The minimum absolute atomic E-state index is 0.0958. The number of aromatic nitrogens is 6. The third-order valence-corrected chi connectivity index (χ3v) is 7.86. The van der Waals surface area contributed by atoms with Crippen LogP contribution >= 0.6 is 11.8 Å². The molecule has 0 unspecified atom stereocenters. The molecule has 0 spiro atoms. The smallest absolute Gasteiger partial charge is 0.233 e. The van der Waals surface area contributed by atoms with Crippen LogP contribution in [0.5, 0.6) is 0 Å². The van der Waals surface area contributed by atoms with Crippen LogP contribution in [0.25, 0.3) is 16.6 Å². The van der Waals surface area contributed by atoms with E-state index >= 15 is 0 Å². The second-order valence-corrected chi connectivity index (χ2v) is 10.2.